The second-order valence-electron chi connectivity index (χ2n) is 4.28. The molecule has 0 N–H and O–H groups in total. The molecule has 0 amide bonds. The first-order chi connectivity index (χ1) is 10.1. The van der Waals surface area contributed by atoms with Gasteiger partial charge in [0.2, 0.25) is 0 Å². The van der Waals surface area contributed by atoms with E-state index in [2.05, 4.69) is 4.98 Å². The van der Waals surface area contributed by atoms with Gasteiger partial charge in [0.05, 0.1) is 20.8 Å². The van der Waals surface area contributed by atoms with Crippen molar-refractivity contribution in [1.29, 1.82) is 0 Å². The number of carbonyl (C=O) groups is 1. The first kappa shape index (κ1) is 14.3. The average molecular weight is 338 g/mol. The highest BCUT2D eigenvalue weighted by Crippen LogP contribution is 2.24. The first-order valence-electron chi connectivity index (χ1n) is 6.10. The predicted octanol–water partition coefficient (Wildman–Crippen LogP) is 4.96. The molecule has 0 atom stereocenters. The number of halogens is 2. The van der Waals surface area contributed by atoms with Crippen LogP contribution in [0.4, 0.5) is 0 Å². The van der Waals surface area contributed by atoms with Crippen LogP contribution in [0.5, 0.6) is 0 Å². The number of ether oxygens (including phenoxy) is 1. The molecule has 106 valence electrons. The Morgan fingerprint density at radius 1 is 1.19 bits per heavy atom. The Hall–Kier alpha value is -1.62. The van der Waals surface area contributed by atoms with E-state index in [0.29, 0.717) is 10.6 Å². The first-order valence-corrected chi connectivity index (χ1v) is 7.67. The van der Waals surface area contributed by atoms with Gasteiger partial charge < -0.3 is 4.74 Å². The number of rotatable bonds is 3. The molecule has 1 heterocycles. The lowest BCUT2D eigenvalue weighted by atomic mass is 10.2. The quantitative estimate of drug-likeness (QED) is 0.634. The lowest BCUT2D eigenvalue weighted by Gasteiger charge is -2.04. The molecule has 0 fully saturated rings. The molecule has 0 saturated heterocycles. The number of esters is 1. The highest BCUT2D eigenvalue weighted by Gasteiger charge is 2.13. The maximum absolute atomic E-state index is 12.0. The molecule has 6 heteroatoms. The van der Waals surface area contributed by atoms with Crippen molar-refractivity contribution in [2.75, 3.05) is 0 Å². The topological polar surface area (TPSA) is 39.2 Å². The van der Waals surface area contributed by atoms with Gasteiger partial charge in [0.25, 0.3) is 0 Å². The molecular formula is C15H9Cl2NO2S. The van der Waals surface area contributed by atoms with Gasteiger partial charge in [0, 0.05) is 5.02 Å². The van der Waals surface area contributed by atoms with Crippen LogP contribution in [-0.4, -0.2) is 11.0 Å². The molecule has 0 aliphatic carbocycles. The highest BCUT2D eigenvalue weighted by molar-refractivity contribution is 7.18. The van der Waals surface area contributed by atoms with Crippen LogP contribution in [-0.2, 0) is 11.3 Å². The third-order valence-corrected chi connectivity index (χ3v) is 4.37. The molecule has 0 unspecified atom stereocenters. The molecule has 0 aliphatic heterocycles. The zero-order chi connectivity index (χ0) is 14.8. The molecular weight excluding hydrogens is 329 g/mol. The Morgan fingerprint density at radius 2 is 2.00 bits per heavy atom. The van der Waals surface area contributed by atoms with Crippen molar-refractivity contribution in [2.45, 2.75) is 6.61 Å². The predicted molar refractivity (Wildman–Crippen MR) is 85.2 cm³/mol. The van der Waals surface area contributed by atoms with Crippen molar-refractivity contribution in [3.05, 3.63) is 63.1 Å². The third kappa shape index (κ3) is 3.18. The van der Waals surface area contributed by atoms with Gasteiger partial charge >= 0.3 is 5.97 Å². The van der Waals surface area contributed by atoms with Crippen molar-refractivity contribution < 1.29 is 9.53 Å². The molecule has 0 bridgehead atoms. The van der Waals surface area contributed by atoms with E-state index in [0.717, 1.165) is 15.2 Å². The number of carbonyl (C=O) groups excluding carboxylic acids is 1. The van der Waals surface area contributed by atoms with Crippen LogP contribution < -0.4 is 0 Å². The van der Waals surface area contributed by atoms with Crippen LogP contribution in [0, 0.1) is 0 Å². The fourth-order valence-electron chi connectivity index (χ4n) is 1.84. The summed E-state index contributed by atoms with van der Waals surface area (Å²) in [5.74, 6) is -0.490. The van der Waals surface area contributed by atoms with Gasteiger partial charge in [-0.1, -0.05) is 35.3 Å². The van der Waals surface area contributed by atoms with Crippen molar-refractivity contribution in [3.8, 4) is 0 Å². The van der Waals surface area contributed by atoms with Gasteiger partial charge in [-0.3, -0.25) is 0 Å². The molecule has 0 saturated carbocycles. The van der Waals surface area contributed by atoms with E-state index in [4.69, 9.17) is 27.9 Å². The van der Waals surface area contributed by atoms with Crippen LogP contribution in [0.1, 0.15) is 15.4 Å². The normalized spacial score (nSPS) is 10.8. The van der Waals surface area contributed by atoms with Gasteiger partial charge in [-0.15, -0.1) is 11.3 Å². The summed E-state index contributed by atoms with van der Waals surface area (Å²) in [5.41, 5.74) is 1.19. The third-order valence-electron chi connectivity index (χ3n) is 2.82. The van der Waals surface area contributed by atoms with E-state index < -0.39 is 5.97 Å². The minimum Gasteiger partial charge on any atom is -0.455 e. The number of fused-ring (bicyclic) bond motifs is 1. The largest absolute Gasteiger partial charge is 0.455 e. The Labute approximate surface area is 135 Å². The second-order valence-corrected chi connectivity index (χ2v) is 6.23. The number of aromatic nitrogens is 1. The van der Waals surface area contributed by atoms with E-state index in [9.17, 15) is 4.79 Å². The summed E-state index contributed by atoms with van der Waals surface area (Å²) in [7, 11) is 0. The van der Waals surface area contributed by atoms with Gasteiger partial charge in [-0.2, -0.15) is 0 Å². The molecule has 21 heavy (non-hydrogen) atoms. The minimum absolute atomic E-state index is 0.122. The number of nitrogens with zero attached hydrogens (tertiary/aromatic N) is 1. The molecule has 0 spiro atoms. The monoisotopic (exact) mass is 337 g/mol. The molecule has 3 aromatic rings. The zero-order valence-corrected chi connectivity index (χ0v) is 13.0. The summed E-state index contributed by atoms with van der Waals surface area (Å²) in [4.78, 5) is 16.4. The maximum atomic E-state index is 12.0. The molecule has 0 aliphatic rings. The molecule has 2 aromatic carbocycles. The van der Waals surface area contributed by atoms with Crippen LogP contribution in [0.2, 0.25) is 10.0 Å². The van der Waals surface area contributed by atoms with E-state index in [-0.39, 0.29) is 11.6 Å². The SMILES string of the molecule is O=C(OCc1nc2ccccc2s1)c1ccc(Cl)cc1Cl. The number of thiazole rings is 1. The lowest BCUT2D eigenvalue weighted by Crippen LogP contribution is -2.05. The summed E-state index contributed by atoms with van der Waals surface area (Å²) in [6.45, 7) is 0.122. The summed E-state index contributed by atoms with van der Waals surface area (Å²) in [5, 5.41) is 1.49. The minimum atomic E-state index is -0.490. The van der Waals surface area contributed by atoms with E-state index in [1.54, 1.807) is 12.1 Å². The van der Waals surface area contributed by atoms with Crippen LogP contribution in [0.25, 0.3) is 10.2 Å². The Kier molecular flexibility index (Phi) is 4.10. The Bertz CT molecular complexity index is 783. The number of para-hydroxylation sites is 1. The summed E-state index contributed by atoms with van der Waals surface area (Å²) < 4.78 is 6.31. The molecule has 0 radical (unpaired) electrons. The Balaban J connectivity index is 1.73. The smallest absolute Gasteiger partial charge is 0.340 e. The molecule has 1 aromatic heterocycles. The average Bonchev–Trinajstić information content (AvgIpc) is 2.87. The van der Waals surface area contributed by atoms with Gasteiger partial charge in [0.15, 0.2) is 0 Å². The zero-order valence-electron chi connectivity index (χ0n) is 10.7. The van der Waals surface area contributed by atoms with Gasteiger partial charge in [0.1, 0.15) is 11.6 Å². The fraction of sp³-hybridized carbons (Fsp3) is 0.0667. The fourth-order valence-corrected chi connectivity index (χ4v) is 3.21. The number of hydrogen-bond donors (Lipinski definition) is 0. The van der Waals surface area contributed by atoms with Crippen molar-refractivity contribution in [2.24, 2.45) is 0 Å². The summed E-state index contributed by atoms with van der Waals surface area (Å²) in [6.07, 6.45) is 0. The number of hydrogen-bond acceptors (Lipinski definition) is 4. The molecule has 3 rings (SSSR count). The standard InChI is InChI=1S/C15H9Cl2NO2S/c16-9-5-6-10(11(17)7-9)15(19)20-8-14-18-12-3-1-2-4-13(12)21-14/h1-7H,8H2. The van der Waals surface area contributed by atoms with Crippen molar-refractivity contribution in [3.63, 3.8) is 0 Å². The van der Waals surface area contributed by atoms with Crippen molar-refractivity contribution >= 4 is 50.7 Å². The van der Waals surface area contributed by atoms with Crippen LogP contribution in [0.3, 0.4) is 0 Å². The summed E-state index contributed by atoms with van der Waals surface area (Å²) in [6, 6.07) is 12.4. The lowest BCUT2D eigenvalue weighted by molar-refractivity contribution is 0.0473. The number of benzene rings is 2. The van der Waals surface area contributed by atoms with E-state index in [1.165, 1.54) is 17.4 Å². The van der Waals surface area contributed by atoms with Crippen LogP contribution in [0.15, 0.2) is 42.5 Å². The van der Waals surface area contributed by atoms with E-state index >= 15 is 0 Å². The van der Waals surface area contributed by atoms with Gasteiger partial charge in [-0.05, 0) is 30.3 Å². The highest BCUT2D eigenvalue weighted by atomic mass is 35.5. The molecule has 3 nitrogen and oxygen atoms in total. The van der Waals surface area contributed by atoms with Crippen molar-refractivity contribution in [1.82, 2.24) is 4.98 Å². The Morgan fingerprint density at radius 3 is 2.76 bits per heavy atom. The second kappa shape index (κ2) is 6.02. The summed E-state index contributed by atoms with van der Waals surface area (Å²) >= 11 is 13.3. The van der Waals surface area contributed by atoms with Gasteiger partial charge in [-0.25, -0.2) is 9.78 Å². The van der Waals surface area contributed by atoms with Crippen LogP contribution >= 0.6 is 34.5 Å². The maximum Gasteiger partial charge on any atom is 0.340 e. The van der Waals surface area contributed by atoms with E-state index in [1.807, 2.05) is 24.3 Å².